The minimum absolute atomic E-state index is 0.0452. The second-order valence-electron chi connectivity index (χ2n) is 32.0. The lowest BCUT2D eigenvalue weighted by molar-refractivity contribution is -0.140. The number of aromatic nitrogens is 2. The average molecular weight is 1850 g/mol. The lowest BCUT2D eigenvalue weighted by Gasteiger charge is -2.27. The predicted octanol–water partition coefficient (Wildman–Crippen LogP) is 24.6. The van der Waals surface area contributed by atoms with Crippen LogP contribution in [0.5, 0.6) is 46.0 Å². The molecule has 720 valence electrons. The number of nitrogens with one attached hydrogen (secondary N) is 4. The van der Waals surface area contributed by atoms with Crippen LogP contribution in [-0.2, 0) is 59.7 Å². The Balaban J connectivity index is 0.000000206. The van der Waals surface area contributed by atoms with Crippen LogP contribution in [0.2, 0.25) is 0 Å². The van der Waals surface area contributed by atoms with Gasteiger partial charge in [0.25, 0.3) is 0 Å². The monoisotopic (exact) mass is 1850 g/mol. The molecule has 0 unspecified atom stereocenters. The van der Waals surface area contributed by atoms with Gasteiger partial charge in [0.1, 0.15) is 46.0 Å². The van der Waals surface area contributed by atoms with Gasteiger partial charge in [-0.05, 0) is 256 Å². The summed E-state index contributed by atoms with van der Waals surface area (Å²) in [5.41, 5.74) is 12.1. The number of aryl methyl sites for hydroxylation is 1. The number of H-pyrrole nitrogens is 2. The molecule has 0 bridgehead atoms. The molecule has 0 radical (unpaired) electrons. The number of carbonyl (C=O) groups excluding carboxylic acids is 3. The number of methoxy groups -OCH3 is 1. The smallest absolute Gasteiger partial charge is 0.305 e. The molecule has 0 spiro atoms. The number of hydrogen-bond acceptors (Lipinski definition) is 18. The van der Waals surface area contributed by atoms with E-state index >= 15 is 0 Å². The zero-order valence-electron chi connectivity index (χ0n) is 81.2. The van der Waals surface area contributed by atoms with E-state index in [1.54, 1.807) is 30.3 Å². The number of benzene rings is 11. The standard InChI is InChI=1S/C14H19NO3.C14H13NO.C14H22O3.C13H18O.2C12H16O3.C12H12O.C10H15NO2S.C10H11NO/c1-4-6-14(17)15-11-7-8-13(18-5-2)12(9-11)10(3)16;1-2-16-13-9-5-8-12-14(13)10-6-3-4-7-11(10)15-12;1-4-16-14-7-5-13(6-8-14)11-15-9-10-17-12(2)3;1-2-14-13-10-6-5-9-12(13)11-7-3-4-8-11;1-2-15-12-5-3-4-8-6-10(13)11(14)7-9(8)12;1-3-15-11-7-4-10(5-8-11)6-9-12(13)14-2;1-2-13-12-9-5-7-10-6-3-4-8-11(10)12;1-8(2)9-4-6-10(7-5-9)11-14(3,12)13;1-2-12-10-5-3-4-9-8(10)6-7-11-9/h7-9H,4-6H2,1-3H3,(H,15,17);3-9,15H,2H2,1H3;5-8,12H,4,9-11H2,1-3H3;5-6,9-11H,2-4,7-8H2,1H3;3-5,10-11,13-14H,2,6-7H2,1H3;4-5,7-8H,3,6,9H2,1-2H3;3-9H,2H2,1H3;4-8,11H,1-3H3;3-7,11H,2H2,1H3/t;;;;10-,11+;;;;/m....0..../s1. The number of anilines is 2. The van der Waals surface area contributed by atoms with Gasteiger partial charge in [0, 0.05) is 81.4 Å². The molecule has 0 aliphatic heterocycles. The van der Waals surface area contributed by atoms with Gasteiger partial charge in [0.05, 0.1) is 115 Å². The van der Waals surface area contributed by atoms with Crippen LogP contribution < -0.4 is 47.9 Å². The third kappa shape index (κ3) is 37.6. The van der Waals surface area contributed by atoms with Crippen molar-refractivity contribution >= 4 is 82.5 Å². The molecule has 22 nitrogen and oxygen atoms in total. The van der Waals surface area contributed by atoms with E-state index in [1.165, 1.54) is 72.4 Å². The molecule has 2 heterocycles. The molecule has 134 heavy (non-hydrogen) atoms. The molecule has 2 aliphatic carbocycles. The summed E-state index contributed by atoms with van der Waals surface area (Å²) in [5, 5.41) is 27.9. The Morgan fingerprint density at radius 2 is 0.985 bits per heavy atom. The Labute approximate surface area is 794 Å². The molecular weight excluding hydrogens is 1710 g/mol. The molecule has 2 aromatic heterocycles. The molecule has 1 saturated carbocycles. The minimum atomic E-state index is -3.16. The molecule has 0 saturated heterocycles. The van der Waals surface area contributed by atoms with Crippen molar-refractivity contribution in [3.63, 3.8) is 0 Å². The third-order valence-corrected chi connectivity index (χ3v) is 21.7. The molecule has 1 fully saturated rings. The third-order valence-electron chi connectivity index (χ3n) is 21.1. The number of ketones is 1. The van der Waals surface area contributed by atoms with Gasteiger partial charge in [0.2, 0.25) is 15.9 Å². The second-order valence-corrected chi connectivity index (χ2v) is 33.7. The highest BCUT2D eigenvalue weighted by atomic mass is 32.2. The van der Waals surface area contributed by atoms with Crippen LogP contribution in [0.15, 0.2) is 249 Å². The van der Waals surface area contributed by atoms with Crippen molar-refractivity contribution in [3.8, 4) is 46.0 Å². The number of aliphatic hydroxyl groups excluding tert-OH is 2. The van der Waals surface area contributed by atoms with E-state index in [1.807, 2.05) is 228 Å². The molecular formula is C111H142N4O18S. The molecule has 11 aromatic carbocycles. The van der Waals surface area contributed by atoms with Crippen molar-refractivity contribution in [3.05, 3.63) is 288 Å². The molecule has 6 N–H and O–H groups in total. The Kier molecular flexibility index (Phi) is 48.6. The number of amides is 1. The van der Waals surface area contributed by atoms with Crippen LogP contribution in [-0.4, -0.2) is 144 Å². The Bertz CT molecular complexity index is 5670. The quantitative estimate of drug-likeness (QED) is 0.0127. The van der Waals surface area contributed by atoms with Gasteiger partial charge in [0.15, 0.2) is 5.78 Å². The first-order chi connectivity index (χ1) is 64.8. The predicted molar refractivity (Wildman–Crippen MR) is 544 cm³/mol. The maximum Gasteiger partial charge on any atom is 0.305 e. The topological polar surface area (TPSA) is 283 Å². The first-order valence-electron chi connectivity index (χ1n) is 46.9. The zero-order valence-corrected chi connectivity index (χ0v) is 82.1. The van der Waals surface area contributed by atoms with E-state index < -0.39 is 22.2 Å². The summed E-state index contributed by atoms with van der Waals surface area (Å²) in [7, 11) is -1.76. The Morgan fingerprint density at radius 1 is 0.478 bits per heavy atom. The minimum Gasteiger partial charge on any atom is -0.494 e. The van der Waals surface area contributed by atoms with Gasteiger partial charge < -0.3 is 77.6 Å². The van der Waals surface area contributed by atoms with Crippen LogP contribution in [0.3, 0.4) is 0 Å². The van der Waals surface area contributed by atoms with Crippen molar-refractivity contribution in [2.45, 2.75) is 198 Å². The van der Waals surface area contributed by atoms with Crippen molar-refractivity contribution in [2.75, 3.05) is 89.5 Å². The SMILES string of the molecule is CC(C)c1ccc(NS(C)(=O)=O)cc1.CCCC(=O)Nc1ccc(OCC)c(C(C)=O)c1.CCOc1ccc(CCC(=O)OC)cc1.CCOc1ccc(COCCOC(C)C)cc1.CCOc1cccc2[nH]c3ccccc3c12.CCOc1cccc2[nH]ccc12.CCOc1cccc2c1C[C@@H](O)[C@@H](O)C2.CCOc1cccc2ccccc12.CCOc1ccccc1C1CCCC1. The highest BCUT2D eigenvalue weighted by molar-refractivity contribution is 7.92. The number of hydrogen-bond donors (Lipinski definition) is 6. The van der Waals surface area contributed by atoms with E-state index in [0.29, 0.717) is 127 Å². The van der Waals surface area contributed by atoms with Crippen LogP contribution in [0, 0.1) is 0 Å². The fourth-order valence-electron chi connectivity index (χ4n) is 14.7. The zero-order chi connectivity index (χ0) is 97.0. The molecule has 2 atom stereocenters. The van der Waals surface area contributed by atoms with E-state index in [0.717, 1.165) is 110 Å². The average Bonchev–Trinajstić information content (AvgIpc) is 1.62. The van der Waals surface area contributed by atoms with Gasteiger partial charge in [-0.1, -0.05) is 167 Å². The summed E-state index contributed by atoms with van der Waals surface area (Å²) < 4.78 is 83.5. The summed E-state index contributed by atoms with van der Waals surface area (Å²) in [6, 6.07) is 79.4. The molecule has 15 rings (SSSR count). The summed E-state index contributed by atoms with van der Waals surface area (Å²) in [6.45, 7) is 34.7. The van der Waals surface area contributed by atoms with Gasteiger partial charge in [-0.15, -0.1) is 0 Å². The molecule has 1 amide bonds. The van der Waals surface area contributed by atoms with E-state index in [4.69, 9.17) is 47.4 Å². The van der Waals surface area contributed by atoms with Gasteiger partial charge >= 0.3 is 5.97 Å². The molecule has 23 heteroatoms. The van der Waals surface area contributed by atoms with E-state index in [2.05, 4.69) is 105 Å². The number of rotatable bonds is 33. The van der Waals surface area contributed by atoms with E-state index in [9.17, 15) is 33.0 Å². The fraction of sp³-hybridized carbons (Fsp3) is 0.378. The van der Waals surface area contributed by atoms with Crippen molar-refractivity contribution in [2.24, 2.45) is 0 Å². The maximum atomic E-state index is 11.5. The Hall–Kier alpha value is -12.4. The Morgan fingerprint density at radius 3 is 1.60 bits per heavy atom. The molecule has 2 aliphatic rings. The highest BCUT2D eigenvalue weighted by Gasteiger charge is 2.27. The number of para-hydroxylation sites is 2. The number of aliphatic hydroxyl groups is 2. The largest absolute Gasteiger partial charge is 0.494 e. The maximum absolute atomic E-state index is 11.5. The van der Waals surface area contributed by atoms with Crippen LogP contribution in [0.1, 0.15) is 197 Å². The van der Waals surface area contributed by atoms with Crippen LogP contribution in [0.4, 0.5) is 11.4 Å². The number of Topliss-reactive ketones (excluding diaryl/α,β-unsaturated/α-hetero) is 1. The lowest BCUT2D eigenvalue weighted by atomic mass is 9.87. The number of carbonyl (C=O) groups is 3. The van der Waals surface area contributed by atoms with Crippen molar-refractivity contribution < 1.29 is 85.1 Å². The molecule has 13 aromatic rings. The van der Waals surface area contributed by atoms with E-state index in [-0.39, 0.29) is 23.8 Å². The van der Waals surface area contributed by atoms with Crippen molar-refractivity contribution in [1.29, 1.82) is 0 Å². The van der Waals surface area contributed by atoms with Crippen LogP contribution >= 0.6 is 0 Å². The van der Waals surface area contributed by atoms with Crippen molar-refractivity contribution in [1.82, 2.24) is 9.97 Å². The summed E-state index contributed by atoms with van der Waals surface area (Å²) in [6.07, 6.45) is 10.8. The first-order valence-corrected chi connectivity index (χ1v) is 48.8. The number of fused-ring (bicyclic) bond motifs is 6. The first kappa shape index (κ1) is 109. The van der Waals surface area contributed by atoms with Crippen LogP contribution in [0.25, 0.3) is 43.5 Å². The normalized spacial score (nSPS) is 12.8. The lowest BCUT2D eigenvalue weighted by Crippen LogP contribution is -2.34. The second kappa shape index (κ2) is 60.0. The highest BCUT2D eigenvalue weighted by Crippen LogP contribution is 2.39. The number of aromatic amines is 2. The fourth-order valence-corrected chi connectivity index (χ4v) is 15.3. The number of ether oxygens (including phenoxy) is 11. The van der Waals surface area contributed by atoms with Gasteiger partial charge in [-0.3, -0.25) is 19.1 Å². The van der Waals surface area contributed by atoms with Gasteiger partial charge in [-0.2, -0.15) is 0 Å². The summed E-state index contributed by atoms with van der Waals surface area (Å²) in [4.78, 5) is 40.4. The number of sulfonamides is 1. The number of esters is 1. The van der Waals surface area contributed by atoms with Gasteiger partial charge in [-0.25, -0.2) is 8.42 Å². The summed E-state index contributed by atoms with van der Waals surface area (Å²) in [5.74, 6) is 8.04. The summed E-state index contributed by atoms with van der Waals surface area (Å²) >= 11 is 0.